The van der Waals surface area contributed by atoms with E-state index in [4.69, 9.17) is 29.3 Å². The molecule has 0 unspecified atom stereocenters. The zero-order chi connectivity index (χ0) is 76.3. The summed E-state index contributed by atoms with van der Waals surface area (Å²) in [5.74, 6) is 9.31. The molecule has 3 saturated heterocycles. The molecule has 1 aromatic carbocycles. The number of aromatic hydroxyl groups is 1. The van der Waals surface area contributed by atoms with Crippen molar-refractivity contribution in [3.05, 3.63) is 29.8 Å². The molecule has 104 heavy (non-hydrogen) atoms. The van der Waals surface area contributed by atoms with Crippen LogP contribution in [0.3, 0.4) is 0 Å². The first-order valence-electron chi connectivity index (χ1n) is 35.0. The molecule has 40 nitrogen and oxygen atoms in total. The summed E-state index contributed by atoms with van der Waals surface area (Å²) < 4.78 is 0. The molecule has 0 radical (unpaired) electrons. The van der Waals surface area contributed by atoms with Crippen molar-refractivity contribution in [1.29, 1.82) is 0 Å². The standard InChI is InChI=1S/C64H106N20O20/c1-39-56(92)81-46(17-5-9-27-72-54(90)37-103-68)63(99)83-30-12-19-48(83)61(97)76-34-51(87)79-44(15-3-8-26-71-53(89)36-102-67)59(95)80-45(16-4-11-29-74-57(93)42(65)32-40-21-23-41(85)24-22-40)60(96)82-47(18-6-10-28-73-55(91)38-104-69)64(100)84-31-13-20-49(84)62(98)75-33-50(86)78-43(58(94)77-39)14-2-7-25-70-52(88)35-101-66/h21-24,39,42-49,85H,2-20,25-38,65-69H2,1H3,(H,70,88)(H,71,89)(H,72,90)(H,73,91)(H,74,93)(H,75,98)(H,76,97)(H,77,94)(H,78,86)(H,79,87)(H,80,95)(H,81,92)(H,82,96)/t39-,42-,43-,44-,45-,46-,47-,48-,49-/m0/s1. The molecular formula is C64H106N20O20. The predicted molar refractivity (Wildman–Crippen MR) is 367 cm³/mol. The minimum Gasteiger partial charge on any atom is -0.508 e. The second-order valence-corrected chi connectivity index (χ2v) is 25.4. The van der Waals surface area contributed by atoms with E-state index < -0.39 is 183 Å². The van der Waals surface area contributed by atoms with Gasteiger partial charge in [0.15, 0.2) is 0 Å². The zero-order valence-electron chi connectivity index (χ0n) is 58.8. The number of amides is 15. The second-order valence-electron chi connectivity index (χ2n) is 25.4. The number of carbonyl (C=O) groups excluding carboxylic acids is 15. The molecule has 4 rings (SSSR count). The van der Waals surface area contributed by atoms with Crippen molar-refractivity contribution in [2.75, 3.05) is 85.3 Å². The summed E-state index contributed by atoms with van der Waals surface area (Å²) in [4.78, 5) is 225. The Hall–Kier alpha value is -9.29. The number of nitrogens with two attached hydrogens (primary N) is 5. The van der Waals surface area contributed by atoms with Gasteiger partial charge in [-0.25, -0.2) is 23.6 Å². The highest BCUT2D eigenvalue weighted by Gasteiger charge is 2.41. The van der Waals surface area contributed by atoms with Crippen LogP contribution >= 0.6 is 0 Å². The molecule has 40 heteroatoms. The summed E-state index contributed by atoms with van der Waals surface area (Å²) in [6, 6.07) is -5.61. The fraction of sp³-hybridized carbons (Fsp3) is 0.672. The Balaban J connectivity index is 1.75. The lowest BCUT2D eigenvalue weighted by Gasteiger charge is -2.30. The lowest BCUT2D eigenvalue weighted by Crippen LogP contribution is -2.59. The molecule has 0 saturated carbocycles. The van der Waals surface area contributed by atoms with Crippen molar-refractivity contribution in [2.24, 2.45) is 29.3 Å². The maximum Gasteiger partial charge on any atom is 0.248 e. The quantitative estimate of drug-likeness (QED) is 0.0219. The van der Waals surface area contributed by atoms with Gasteiger partial charge in [-0.05, 0) is 153 Å². The highest BCUT2D eigenvalue weighted by atomic mass is 16.6. The summed E-state index contributed by atoms with van der Waals surface area (Å²) in [6.07, 6.45) is 2.74. The summed E-state index contributed by atoms with van der Waals surface area (Å²) >= 11 is 0. The number of benzene rings is 1. The average Bonchev–Trinajstić information content (AvgIpc) is 1.64. The number of nitrogens with zero attached hydrogens (tertiary/aromatic N) is 2. The van der Waals surface area contributed by atoms with E-state index in [-0.39, 0.29) is 161 Å². The van der Waals surface area contributed by atoms with Gasteiger partial charge in [-0.1, -0.05) is 12.1 Å². The molecule has 3 heterocycles. The van der Waals surface area contributed by atoms with Gasteiger partial charge in [-0.2, -0.15) is 0 Å². The summed E-state index contributed by atoms with van der Waals surface area (Å²) in [6.45, 7) is -1.36. The van der Waals surface area contributed by atoms with Crippen LogP contribution in [-0.4, -0.2) is 243 Å². The topological polar surface area (TPSA) is 606 Å². The molecule has 582 valence electrons. The lowest BCUT2D eigenvalue weighted by molar-refractivity contribution is -0.142. The number of fused-ring (bicyclic) bond motifs is 2. The zero-order valence-corrected chi connectivity index (χ0v) is 58.8. The van der Waals surface area contributed by atoms with Crippen LogP contribution in [0, 0.1) is 0 Å². The van der Waals surface area contributed by atoms with E-state index in [2.05, 4.69) is 88.5 Å². The Kier molecular flexibility index (Phi) is 40.7. The molecule has 3 fully saturated rings. The highest BCUT2D eigenvalue weighted by molar-refractivity contribution is 5.99. The number of nitrogens with one attached hydrogen (secondary N) is 13. The Labute approximate surface area is 601 Å². The first kappa shape index (κ1) is 87.1. The predicted octanol–water partition coefficient (Wildman–Crippen LogP) is -7.59. The Morgan fingerprint density at radius 2 is 0.779 bits per heavy atom. The summed E-state index contributed by atoms with van der Waals surface area (Å²) in [5.41, 5.74) is 6.90. The number of rotatable bonds is 36. The van der Waals surface area contributed by atoms with Crippen LogP contribution in [0.15, 0.2) is 24.3 Å². The number of hydrogen-bond acceptors (Lipinski definition) is 25. The van der Waals surface area contributed by atoms with Crippen molar-refractivity contribution in [3.8, 4) is 5.75 Å². The SMILES string of the molecule is C[C@@H]1NC(=O)[C@H](CCCCNC(=O)CON)NC(=O)CNC(=O)[C@@H]2CCCN2C(=O)[C@H](CCCCNC(=O)CON)NC(=O)[C@H](CCCCNC(=O)[C@@H](N)Cc2ccc(O)cc2)NC(=O)[C@H](CCCCNC(=O)CON)NC(=O)CNC(=O)[C@@H]2CCCN2C(=O)[C@H](CCCCNC(=O)CON)NC1=O. The van der Waals surface area contributed by atoms with Crippen LogP contribution < -0.4 is 98.4 Å². The van der Waals surface area contributed by atoms with Crippen molar-refractivity contribution < 1.29 is 96.4 Å². The van der Waals surface area contributed by atoms with E-state index >= 15 is 0 Å². The van der Waals surface area contributed by atoms with E-state index in [1.165, 1.54) is 28.9 Å². The lowest BCUT2D eigenvalue weighted by atomic mass is 10.0. The Morgan fingerprint density at radius 1 is 0.452 bits per heavy atom. The Morgan fingerprint density at radius 3 is 1.15 bits per heavy atom. The monoisotopic (exact) mass is 1470 g/mol. The Bertz CT molecular complexity index is 3010. The maximum atomic E-state index is 15.0. The van der Waals surface area contributed by atoms with Crippen LogP contribution in [0.1, 0.15) is 134 Å². The number of unbranched alkanes of at least 4 members (excludes halogenated alkanes) is 5. The fourth-order valence-electron chi connectivity index (χ4n) is 11.7. The van der Waals surface area contributed by atoms with Crippen LogP contribution in [0.5, 0.6) is 5.75 Å². The molecule has 0 bridgehead atoms. The number of carbonyl (C=O) groups is 15. The minimum atomic E-state index is -1.48. The van der Waals surface area contributed by atoms with Gasteiger partial charge in [0, 0.05) is 45.8 Å². The number of phenolic OH excluding ortho intramolecular Hbond substituents is 1. The van der Waals surface area contributed by atoms with Gasteiger partial charge in [-0.3, -0.25) is 91.3 Å². The van der Waals surface area contributed by atoms with Crippen molar-refractivity contribution in [1.82, 2.24) is 78.9 Å². The molecule has 1 aromatic rings. The van der Waals surface area contributed by atoms with E-state index in [1.54, 1.807) is 12.1 Å². The van der Waals surface area contributed by atoms with Crippen molar-refractivity contribution >= 4 is 88.6 Å². The molecule has 0 spiro atoms. The molecule has 3 aliphatic rings. The smallest absolute Gasteiger partial charge is 0.248 e. The van der Waals surface area contributed by atoms with Gasteiger partial charge in [0.2, 0.25) is 88.6 Å². The maximum absolute atomic E-state index is 15.0. The summed E-state index contributed by atoms with van der Waals surface area (Å²) in [7, 11) is 0. The third-order valence-corrected chi connectivity index (χ3v) is 17.2. The third-order valence-electron chi connectivity index (χ3n) is 17.2. The molecule has 0 aromatic heterocycles. The highest BCUT2D eigenvalue weighted by Crippen LogP contribution is 2.23. The number of hydrogen-bond donors (Lipinski definition) is 19. The van der Waals surface area contributed by atoms with Crippen LogP contribution in [0.4, 0.5) is 0 Å². The largest absolute Gasteiger partial charge is 0.508 e. The minimum absolute atomic E-state index is 0.00834. The summed E-state index contributed by atoms with van der Waals surface area (Å²) in [5, 5.41) is 43.9. The molecule has 9 atom stereocenters. The molecule has 3 aliphatic heterocycles. The molecule has 0 aliphatic carbocycles. The van der Waals surface area contributed by atoms with Crippen LogP contribution in [0.2, 0.25) is 0 Å². The average molecular weight is 1480 g/mol. The van der Waals surface area contributed by atoms with Crippen LogP contribution in [0.25, 0.3) is 0 Å². The van der Waals surface area contributed by atoms with E-state index in [9.17, 15) is 77.0 Å². The molecule has 15 amide bonds. The van der Waals surface area contributed by atoms with Crippen molar-refractivity contribution in [2.45, 2.75) is 190 Å². The number of phenols is 1. The first-order valence-corrected chi connectivity index (χ1v) is 35.0. The van der Waals surface area contributed by atoms with E-state index in [0.29, 0.717) is 24.8 Å². The van der Waals surface area contributed by atoms with Gasteiger partial charge in [0.25, 0.3) is 0 Å². The van der Waals surface area contributed by atoms with Crippen LogP contribution in [-0.2, 0) is 97.7 Å². The molecule has 24 N–H and O–H groups in total. The normalized spacial score (nSPS) is 21.8. The van der Waals surface area contributed by atoms with Gasteiger partial charge in [0.1, 0.15) is 80.5 Å². The fourth-order valence-corrected chi connectivity index (χ4v) is 11.7. The van der Waals surface area contributed by atoms with Gasteiger partial charge >= 0.3 is 0 Å². The van der Waals surface area contributed by atoms with E-state index in [0.717, 1.165) is 0 Å². The first-order chi connectivity index (χ1) is 49.9. The van der Waals surface area contributed by atoms with E-state index in [1.807, 2.05) is 0 Å². The van der Waals surface area contributed by atoms with Crippen molar-refractivity contribution in [3.63, 3.8) is 0 Å². The molecular weight excluding hydrogens is 1370 g/mol. The third kappa shape index (κ3) is 32.6. The second kappa shape index (κ2) is 48.6. The van der Waals surface area contributed by atoms with Gasteiger partial charge in [-0.15, -0.1) is 0 Å². The van der Waals surface area contributed by atoms with Gasteiger partial charge < -0.3 is 89.8 Å². The van der Waals surface area contributed by atoms with Gasteiger partial charge in [0.05, 0.1) is 19.1 Å².